The van der Waals surface area contributed by atoms with Gasteiger partial charge in [0, 0.05) is 24.0 Å². The first kappa shape index (κ1) is 18.2. The van der Waals surface area contributed by atoms with Crippen LogP contribution in [-0.2, 0) is 19.4 Å². The Kier molecular flexibility index (Phi) is 5.17. The molecule has 0 radical (unpaired) electrons. The highest BCUT2D eigenvalue weighted by Crippen LogP contribution is 2.52. The maximum atomic E-state index is 9.40. The number of nitrogens with zero attached hydrogens (tertiary/aromatic N) is 5. The van der Waals surface area contributed by atoms with Crippen LogP contribution < -0.4 is 5.32 Å². The highest BCUT2D eigenvalue weighted by atomic mass is 15.1. The molecule has 2 atom stereocenters. The van der Waals surface area contributed by atoms with Crippen LogP contribution >= 0.6 is 0 Å². The lowest BCUT2D eigenvalue weighted by Crippen LogP contribution is -2.44. The van der Waals surface area contributed by atoms with Gasteiger partial charge in [-0.1, -0.05) is 27.7 Å². The van der Waals surface area contributed by atoms with Gasteiger partial charge in [-0.25, -0.2) is 19.9 Å². The Bertz CT molecular complexity index is 823. The van der Waals surface area contributed by atoms with Crippen LogP contribution in [0.15, 0.2) is 18.7 Å². The monoisotopic (exact) mass is 350 g/mol. The van der Waals surface area contributed by atoms with Gasteiger partial charge in [-0.15, -0.1) is 0 Å². The Labute approximate surface area is 155 Å². The Morgan fingerprint density at radius 3 is 2.73 bits per heavy atom. The van der Waals surface area contributed by atoms with Gasteiger partial charge in [0.25, 0.3) is 0 Å². The Morgan fingerprint density at radius 1 is 1.27 bits per heavy atom. The van der Waals surface area contributed by atoms with Gasteiger partial charge in [0.1, 0.15) is 12.4 Å². The van der Waals surface area contributed by atoms with Gasteiger partial charge >= 0.3 is 0 Å². The van der Waals surface area contributed by atoms with Crippen molar-refractivity contribution in [1.82, 2.24) is 19.9 Å². The molecule has 2 aromatic heterocycles. The number of rotatable bonds is 6. The quantitative estimate of drug-likeness (QED) is 0.857. The van der Waals surface area contributed by atoms with Crippen molar-refractivity contribution in [3.05, 3.63) is 41.2 Å². The summed E-state index contributed by atoms with van der Waals surface area (Å²) in [5, 5.41) is 12.7. The van der Waals surface area contributed by atoms with Crippen molar-refractivity contribution >= 4 is 5.95 Å². The van der Waals surface area contributed by atoms with Gasteiger partial charge in [-0.05, 0) is 36.5 Å². The third-order valence-electron chi connectivity index (χ3n) is 6.04. The second-order valence-electron chi connectivity index (χ2n) is 7.73. The van der Waals surface area contributed by atoms with E-state index in [-0.39, 0.29) is 0 Å². The van der Waals surface area contributed by atoms with Crippen molar-refractivity contribution in [1.29, 1.82) is 5.26 Å². The van der Waals surface area contributed by atoms with Crippen LogP contribution in [0.3, 0.4) is 0 Å². The number of nitrogens with one attached hydrogen (secondary N) is 1. The molecule has 136 valence electrons. The molecule has 0 aliphatic heterocycles. The summed E-state index contributed by atoms with van der Waals surface area (Å²) in [5.41, 5.74) is 3.77. The summed E-state index contributed by atoms with van der Waals surface area (Å²) in [7, 11) is 0. The molecule has 0 unspecified atom stereocenters. The van der Waals surface area contributed by atoms with Crippen molar-refractivity contribution < 1.29 is 0 Å². The van der Waals surface area contributed by atoms with Gasteiger partial charge in [-0.3, -0.25) is 0 Å². The van der Waals surface area contributed by atoms with E-state index < -0.39 is 0 Å². The van der Waals surface area contributed by atoms with Crippen LogP contribution in [0.1, 0.15) is 56.6 Å². The molecule has 0 saturated heterocycles. The van der Waals surface area contributed by atoms with Crippen LogP contribution in [0.5, 0.6) is 0 Å². The molecule has 2 heterocycles. The normalized spacial score (nSPS) is 20.9. The molecule has 0 bridgehead atoms. The Morgan fingerprint density at radius 2 is 2.08 bits per heavy atom. The summed E-state index contributed by atoms with van der Waals surface area (Å²) in [6.45, 7) is 9.55. The first-order valence-corrected chi connectivity index (χ1v) is 9.23. The zero-order valence-corrected chi connectivity index (χ0v) is 16.0. The molecule has 2 aromatic rings. The minimum atomic E-state index is 0.294. The number of hydrogen-bond donors (Lipinski definition) is 1. The van der Waals surface area contributed by atoms with Crippen LogP contribution in [0.2, 0.25) is 0 Å². The predicted octanol–water partition coefficient (Wildman–Crippen LogP) is 3.54. The van der Waals surface area contributed by atoms with Crippen LogP contribution in [0, 0.1) is 28.6 Å². The fraction of sp³-hybridized carbons (Fsp3) is 0.550. The van der Waals surface area contributed by atoms with Crippen LogP contribution in [-0.4, -0.2) is 19.9 Å². The van der Waals surface area contributed by atoms with Gasteiger partial charge in [0.05, 0.1) is 17.5 Å². The summed E-state index contributed by atoms with van der Waals surface area (Å²) in [5.74, 6) is 1.82. The molecular weight excluding hydrogens is 324 g/mol. The summed E-state index contributed by atoms with van der Waals surface area (Å²) >= 11 is 0. The fourth-order valence-electron chi connectivity index (χ4n) is 3.63. The third-order valence-corrected chi connectivity index (χ3v) is 6.04. The SMILES string of the molecule is CCc1ncncc1CNc1ncc(C#N)c(C[C@H]2C[C@H](C)C2(C)C)n1. The molecule has 3 rings (SSSR count). The second kappa shape index (κ2) is 7.36. The van der Waals surface area contributed by atoms with Crippen molar-refractivity contribution in [3.8, 4) is 6.07 Å². The smallest absolute Gasteiger partial charge is 0.223 e. The van der Waals surface area contributed by atoms with E-state index in [4.69, 9.17) is 0 Å². The second-order valence-corrected chi connectivity index (χ2v) is 7.73. The summed E-state index contributed by atoms with van der Waals surface area (Å²) in [6.07, 6.45) is 7.88. The van der Waals surface area contributed by atoms with Gasteiger partial charge in [0.2, 0.25) is 5.95 Å². The summed E-state index contributed by atoms with van der Waals surface area (Å²) in [6, 6.07) is 2.23. The van der Waals surface area contributed by atoms with E-state index >= 15 is 0 Å². The minimum absolute atomic E-state index is 0.294. The molecule has 0 aromatic carbocycles. The van der Waals surface area contributed by atoms with E-state index in [0.717, 1.165) is 29.8 Å². The van der Waals surface area contributed by atoms with Gasteiger partial charge in [-0.2, -0.15) is 5.26 Å². The lowest BCUT2D eigenvalue weighted by molar-refractivity contribution is -0.00772. The number of aryl methyl sites for hydroxylation is 1. The molecule has 1 N–H and O–H groups in total. The van der Waals surface area contributed by atoms with Crippen molar-refractivity contribution in [3.63, 3.8) is 0 Å². The van der Waals surface area contributed by atoms with Gasteiger partial charge < -0.3 is 5.32 Å². The maximum absolute atomic E-state index is 9.40. The molecule has 1 aliphatic rings. The summed E-state index contributed by atoms with van der Waals surface area (Å²) in [4.78, 5) is 17.3. The van der Waals surface area contributed by atoms with E-state index in [2.05, 4.69) is 59.0 Å². The van der Waals surface area contributed by atoms with E-state index in [1.54, 1.807) is 12.5 Å². The standard InChI is InChI=1S/C20H26N6/c1-5-17-15(9-22-12-25-17)11-24-19-23-10-14(8-21)18(26-19)7-16-6-13(2)20(16,3)4/h9-10,12-13,16H,5-7,11H2,1-4H3,(H,23,24,26)/t13-,16+/m0/s1. The fourth-order valence-corrected chi connectivity index (χ4v) is 3.63. The molecule has 1 saturated carbocycles. The lowest BCUT2D eigenvalue weighted by Gasteiger charge is -2.51. The lowest BCUT2D eigenvalue weighted by atomic mass is 9.54. The minimum Gasteiger partial charge on any atom is -0.350 e. The van der Waals surface area contributed by atoms with Crippen LogP contribution in [0.4, 0.5) is 5.95 Å². The highest BCUT2D eigenvalue weighted by Gasteiger charge is 2.45. The average molecular weight is 350 g/mol. The zero-order valence-electron chi connectivity index (χ0n) is 16.0. The van der Waals surface area contributed by atoms with Crippen molar-refractivity contribution in [2.45, 2.75) is 53.5 Å². The number of aromatic nitrogens is 4. The number of nitriles is 1. The van der Waals surface area contributed by atoms with Crippen LogP contribution in [0.25, 0.3) is 0 Å². The molecule has 6 heteroatoms. The number of hydrogen-bond acceptors (Lipinski definition) is 6. The molecule has 26 heavy (non-hydrogen) atoms. The first-order chi connectivity index (χ1) is 12.5. The maximum Gasteiger partial charge on any atom is 0.223 e. The van der Waals surface area contributed by atoms with Crippen molar-refractivity contribution in [2.24, 2.45) is 17.3 Å². The van der Waals surface area contributed by atoms with E-state index in [9.17, 15) is 5.26 Å². The molecule has 0 amide bonds. The molecule has 1 fully saturated rings. The molecule has 6 nitrogen and oxygen atoms in total. The molecular formula is C20H26N6. The zero-order chi connectivity index (χ0) is 18.7. The molecule has 1 aliphatic carbocycles. The van der Waals surface area contributed by atoms with E-state index in [1.807, 2.05) is 6.20 Å². The Hall–Kier alpha value is -2.55. The summed E-state index contributed by atoms with van der Waals surface area (Å²) < 4.78 is 0. The van der Waals surface area contributed by atoms with Crippen molar-refractivity contribution in [2.75, 3.05) is 5.32 Å². The average Bonchev–Trinajstić information content (AvgIpc) is 2.66. The topological polar surface area (TPSA) is 87.4 Å². The first-order valence-electron chi connectivity index (χ1n) is 9.23. The third kappa shape index (κ3) is 3.52. The predicted molar refractivity (Wildman–Crippen MR) is 100 cm³/mol. The van der Waals surface area contributed by atoms with E-state index in [0.29, 0.717) is 35.3 Å². The van der Waals surface area contributed by atoms with E-state index in [1.165, 1.54) is 6.42 Å². The number of anilines is 1. The highest BCUT2D eigenvalue weighted by molar-refractivity contribution is 5.38. The van der Waals surface area contributed by atoms with Gasteiger partial charge in [0.15, 0.2) is 0 Å². The largest absolute Gasteiger partial charge is 0.350 e. The Balaban J connectivity index is 1.74. The molecule has 0 spiro atoms.